The maximum absolute atomic E-state index is 12.1. The molecule has 0 spiro atoms. The molecule has 1 aliphatic rings. The minimum absolute atomic E-state index is 0.0442. The first-order chi connectivity index (χ1) is 7.72. The van der Waals surface area contributed by atoms with E-state index in [1.807, 2.05) is 0 Å². The van der Waals surface area contributed by atoms with Crippen molar-refractivity contribution in [3.8, 4) is 0 Å². The number of amides is 1. The van der Waals surface area contributed by atoms with Gasteiger partial charge in [0.05, 0.1) is 5.56 Å². The molecule has 0 radical (unpaired) electrons. The fourth-order valence-electron chi connectivity index (χ4n) is 1.89. The van der Waals surface area contributed by atoms with Crippen LogP contribution in [0.2, 0.25) is 0 Å². The van der Waals surface area contributed by atoms with Crippen molar-refractivity contribution in [2.75, 3.05) is 19.7 Å². The highest BCUT2D eigenvalue weighted by Gasteiger charge is 2.27. The molecule has 0 bridgehead atoms. The van der Waals surface area contributed by atoms with Gasteiger partial charge in [-0.15, -0.1) is 0 Å². The number of rotatable bonds is 2. The van der Waals surface area contributed by atoms with Crippen LogP contribution in [0, 0.1) is 9.49 Å². The van der Waals surface area contributed by atoms with Crippen LogP contribution in [-0.2, 0) is 0 Å². The fourth-order valence-corrected chi connectivity index (χ4v) is 2.46. The SMILES string of the molecule is O=C(c1ccncc1I)N1CCC(CO)C1. The summed E-state index contributed by atoms with van der Waals surface area (Å²) in [5, 5.41) is 9.04. The van der Waals surface area contributed by atoms with Gasteiger partial charge in [-0.1, -0.05) is 0 Å². The van der Waals surface area contributed by atoms with Crippen molar-refractivity contribution in [2.24, 2.45) is 5.92 Å². The maximum Gasteiger partial charge on any atom is 0.255 e. The largest absolute Gasteiger partial charge is 0.396 e. The molecule has 4 nitrogen and oxygen atoms in total. The molecule has 86 valence electrons. The number of nitrogens with zero attached hydrogens (tertiary/aromatic N) is 2. The molecule has 2 rings (SSSR count). The van der Waals surface area contributed by atoms with Crippen molar-refractivity contribution in [1.29, 1.82) is 0 Å². The highest BCUT2D eigenvalue weighted by atomic mass is 127. The van der Waals surface area contributed by atoms with Gasteiger partial charge < -0.3 is 10.0 Å². The predicted octanol–water partition coefficient (Wildman–Crippen LogP) is 1.14. The zero-order valence-electron chi connectivity index (χ0n) is 8.77. The van der Waals surface area contributed by atoms with Gasteiger partial charge in [0.25, 0.3) is 5.91 Å². The van der Waals surface area contributed by atoms with Crippen LogP contribution in [0.5, 0.6) is 0 Å². The third-order valence-electron chi connectivity index (χ3n) is 2.83. The van der Waals surface area contributed by atoms with Crippen LogP contribution in [0.15, 0.2) is 18.5 Å². The van der Waals surface area contributed by atoms with E-state index >= 15 is 0 Å². The topological polar surface area (TPSA) is 53.4 Å². The van der Waals surface area contributed by atoms with E-state index in [1.54, 1.807) is 23.4 Å². The molecule has 1 N–H and O–H groups in total. The second kappa shape index (κ2) is 5.09. The Bertz CT molecular complexity index is 397. The number of hydrogen-bond acceptors (Lipinski definition) is 3. The Morgan fingerprint density at radius 3 is 3.12 bits per heavy atom. The van der Waals surface area contributed by atoms with E-state index < -0.39 is 0 Å². The molecule has 1 unspecified atom stereocenters. The highest BCUT2D eigenvalue weighted by Crippen LogP contribution is 2.20. The van der Waals surface area contributed by atoms with Crippen molar-refractivity contribution in [1.82, 2.24) is 9.88 Å². The summed E-state index contributed by atoms with van der Waals surface area (Å²) in [4.78, 5) is 17.9. The van der Waals surface area contributed by atoms with Gasteiger partial charge in [-0.2, -0.15) is 0 Å². The van der Waals surface area contributed by atoms with Gasteiger partial charge >= 0.3 is 0 Å². The summed E-state index contributed by atoms with van der Waals surface area (Å²) in [6, 6.07) is 1.75. The monoisotopic (exact) mass is 332 g/mol. The van der Waals surface area contributed by atoms with Gasteiger partial charge in [-0.3, -0.25) is 9.78 Å². The third-order valence-corrected chi connectivity index (χ3v) is 3.69. The van der Waals surface area contributed by atoms with E-state index in [2.05, 4.69) is 27.6 Å². The maximum atomic E-state index is 12.1. The van der Waals surface area contributed by atoms with Gasteiger partial charge in [-0.25, -0.2) is 0 Å². The van der Waals surface area contributed by atoms with Crippen molar-refractivity contribution in [3.63, 3.8) is 0 Å². The molecule has 1 aromatic heterocycles. The van der Waals surface area contributed by atoms with Crippen molar-refractivity contribution < 1.29 is 9.90 Å². The average molecular weight is 332 g/mol. The molecule has 0 aromatic carbocycles. The zero-order chi connectivity index (χ0) is 11.5. The summed E-state index contributed by atoms with van der Waals surface area (Å²) in [6.07, 6.45) is 4.21. The van der Waals surface area contributed by atoms with Gasteiger partial charge in [0.1, 0.15) is 0 Å². The second-order valence-electron chi connectivity index (χ2n) is 3.94. The van der Waals surface area contributed by atoms with Crippen LogP contribution in [0.25, 0.3) is 0 Å². The van der Waals surface area contributed by atoms with E-state index in [0.717, 1.165) is 16.5 Å². The van der Waals surface area contributed by atoms with Gasteiger partial charge in [0.15, 0.2) is 0 Å². The van der Waals surface area contributed by atoms with Crippen LogP contribution in [0.3, 0.4) is 0 Å². The lowest BCUT2D eigenvalue weighted by atomic mass is 10.1. The molecular formula is C11H13IN2O2. The highest BCUT2D eigenvalue weighted by molar-refractivity contribution is 14.1. The minimum Gasteiger partial charge on any atom is -0.396 e. The Balaban J connectivity index is 2.12. The molecule has 2 heterocycles. The number of carbonyl (C=O) groups excluding carboxylic acids is 1. The number of aliphatic hydroxyl groups excluding tert-OH is 1. The number of hydrogen-bond donors (Lipinski definition) is 1. The number of aliphatic hydroxyl groups is 1. The Morgan fingerprint density at radius 2 is 2.50 bits per heavy atom. The summed E-state index contributed by atoms with van der Waals surface area (Å²) < 4.78 is 0.873. The molecule has 16 heavy (non-hydrogen) atoms. The Kier molecular flexibility index (Phi) is 3.75. The number of halogens is 1. The lowest BCUT2D eigenvalue weighted by Gasteiger charge is -2.16. The number of carbonyl (C=O) groups is 1. The van der Waals surface area contributed by atoms with Crippen molar-refractivity contribution in [3.05, 3.63) is 27.6 Å². The van der Waals surface area contributed by atoms with Crippen LogP contribution in [-0.4, -0.2) is 40.6 Å². The van der Waals surface area contributed by atoms with E-state index in [1.165, 1.54) is 0 Å². The molecule has 1 saturated heterocycles. The summed E-state index contributed by atoms with van der Waals surface area (Å²) in [5.74, 6) is 0.284. The van der Waals surface area contributed by atoms with Crippen molar-refractivity contribution >= 4 is 28.5 Å². The van der Waals surface area contributed by atoms with Crippen LogP contribution < -0.4 is 0 Å². The van der Waals surface area contributed by atoms with E-state index in [0.29, 0.717) is 12.1 Å². The van der Waals surface area contributed by atoms with Crippen molar-refractivity contribution in [2.45, 2.75) is 6.42 Å². The summed E-state index contributed by atoms with van der Waals surface area (Å²) in [6.45, 7) is 1.56. The molecule has 0 aliphatic carbocycles. The zero-order valence-corrected chi connectivity index (χ0v) is 10.9. The quantitative estimate of drug-likeness (QED) is 0.827. The molecule has 5 heteroatoms. The number of aromatic nitrogens is 1. The van der Waals surface area contributed by atoms with Crippen LogP contribution in [0.1, 0.15) is 16.8 Å². The smallest absolute Gasteiger partial charge is 0.255 e. The minimum atomic E-state index is 0.0442. The number of likely N-dealkylation sites (tertiary alicyclic amines) is 1. The Morgan fingerprint density at radius 1 is 1.69 bits per heavy atom. The second-order valence-corrected chi connectivity index (χ2v) is 5.11. The standard InChI is InChI=1S/C11H13IN2O2/c12-10-5-13-3-1-9(10)11(16)14-4-2-8(6-14)7-15/h1,3,5,8,15H,2,4,6-7H2. The summed E-state index contributed by atoms with van der Waals surface area (Å²) in [7, 11) is 0. The molecule has 1 amide bonds. The molecule has 1 atom stereocenters. The summed E-state index contributed by atoms with van der Waals surface area (Å²) in [5.41, 5.74) is 0.703. The van der Waals surface area contributed by atoms with Crippen LogP contribution in [0.4, 0.5) is 0 Å². The molecule has 1 fully saturated rings. The lowest BCUT2D eigenvalue weighted by molar-refractivity contribution is 0.0780. The van der Waals surface area contributed by atoms with E-state index in [4.69, 9.17) is 5.11 Å². The predicted molar refractivity (Wildman–Crippen MR) is 68.1 cm³/mol. The molecule has 1 aromatic rings. The average Bonchev–Trinajstić information content (AvgIpc) is 2.77. The molecule has 1 aliphatic heterocycles. The van der Waals surface area contributed by atoms with Crippen LogP contribution >= 0.6 is 22.6 Å². The van der Waals surface area contributed by atoms with Gasteiger partial charge in [0, 0.05) is 41.6 Å². The molecule has 0 saturated carbocycles. The Hall–Kier alpha value is -0.690. The fraction of sp³-hybridized carbons (Fsp3) is 0.455. The lowest BCUT2D eigenvalue weighted by Crippen LogP contribution is -2.29. The van der Waals surface area contributed by atoms with Gasteiger partial charge in [-0.05, 0) is 35.1 Å². The first-order valence-electron chi connectivity index (χ1n) is 5.22. The van der Waals surface area contributed by atoms with Gasteiger partial charge in [0.2, 0.25) is 0 Å². The normalized spacial score (nSPS) is 20.1. The number of pyridine rings is 1. The third kappa shape index (κ3) is 2.35. The van der Waals surface area contributed by atoms with E-state index in [9.17, 15) is 4.79 Å². The van der Waals surface area contributed by atoms with E-state index in [-0.39, 0.29) is 18.4 Å². The Labute approximate surface area is 108 Å². The first-order valence-corrected chi connectivity index (χ1v) is 6.30. The summed E-state index contributed by atoms with van der Waals surface area (Å²) >= 11 is 2.12. The molecular weight excluding hydrogens is 319 g/mol. The first kappa shape index (κ1) is 11.8.